The zero-order valence-corrected chi connectivity index (χ0v) is 14.8. The maximum Gasteiger partial charge on any atom is 0.394 e. The number of rotatable bonds is 3. The van der Waals surface area contributed by atoms with Crippen LogP contribution in [-0.2, 0) is 9.53 Å². The SMILES string of the molecule is CC(C)(C)OC(=O)[C@@H]1CN(C(=O)c2cc(C3CC3)on2)C[C@H]1C(F)(F)F. The summed E-state index contributed by atoms with van der Waals surface area (Å²) in [6, 6.07) is 1.48. The lowest BCUT2D eigenvalue weighted by Crippen LogP contribution is -2.37. The van der Waals surface area contributed by atoms with E-state index in [1.165, 1.54) is 6.07 Å². The number of aromatic nitrogens is 1. The Balaban J connectivity index is 1.76. The molecular formula is C17H21F3N2O4. The quantitative estimate of drug-likeness (QED) is 0.760. The van der Waals surface area contributed by atoms with Crippen LogP contribution < -0.4 is 0 Å². The van der Waals surface area contributed by atoms with Crippen LogP contribution >= 0.6 is 0 Å². The molecule has 1 aromatic heterocycles. The number of hydrogen-bond donors (Lipinski definition) is 0. The number of carbonyl (C=O) groups is 2. The molecule has 3 rings (SSSR count). The van der Waals surface area contributed by atoms with Crippen molar-refractivity contribution in [2.24, 2.45) is 11.8 Å². The molecule has 2 fully saturated rings. The molecule has 0 unspecified atom stereocenters. The van der Waals surface area contributed by atoms with Gasteiger partial charge < -0.3 is 14.2 Å². The molecule has 2 heterocycles. The van der Waals surface area contributed by atoms with E-state index in [1.54, 1.807) is 20.8 Å². The van der Waals surface area contributed by atoms with Crippen molar-refractivity contribution in [3.05, 3.63) is 17.5 Å². The van der Waals surface area contributed by atoms with E-state index in [0.29, 0.717) is 5.76 Å². The second-order valence-electron chi connectivity index (χ2n) is 7.89. The van der Waals surface area contributed by atoms with Crippen molar-refractivity contribution in [1.82, 2.24) is 10.1 Å². The highest BCUT2D eigenvalue weighted by Gasteiger charge is 2.54. The van der Waals surface area contributed by atoms with Gasteiger partial charge in [0.05, 0.1) is 11.8 Å². The van der Waals surface area contributed by atoms with Gasteiger partial charge in [-0.05, 0) is 33.6 Å². The molecule has 0 bridgehead atoms. The largest absolute Gasteiger partial charge is 0.460 e. The molecule has 6 nitrogen and oxygen atoms in total. The van der Waals surface area contributed by atoms with Crippen LogP contribution in [0.3, 0.4) is 0 Å². The molecule has 0 aromatic carbocycles. The predicted octanol–water partition coefficient (Wildman–Crippen LogP) is 3.14. The van der Waals surface area contributed by atoms with Crippen molar-refractivity contribution < 1.29 is 32.0 Å². The Morgan fingerprint density at radius 3 is 2.42 bits per heavy atom. The highest BCUT2D eigenvalue weighted by Crippen LogP contribution is 2.41. The minimum absolute atomic E-state index is 0.0299. The van der Waals surface area contributed by atoms with Gasteiger partial charge in [-0.1, -0.05) is 5.16 Å². The number of likely N-dealkylation sites (tertiary alicyclic amines) is 1. The molecule has 1 aromatic rings. The number of esters is 1. The molecule has 1 saturated heterocycles. The molecule has 1 amide bonds. The Hall–Kier alpha value is -2.06. The molecule has 1 saturated carbocycles. The lowest BCUT2D eigenvalue weighted by atomic mass is 9.95. The fraction of sp³-hybridized carbons (Fsp3) is 0.706. The number of halogens is 3. The molecular weight excluding hydrogens is 353 g/mol. The Kier molecular flexibility index (Phi) is 4.52. The molecule has 1 aliphatic carbocycles. The van der Waals surface area contributed by atoms with Gasteiger partial charge in [-0.3, -0.25) is 9.59 Å². The Bertz CT molecular complexity index is 704. The van der Waals surface area contributed by atoms with Gasteiger partial charge in [0.2, 0.25) is 0 Å². The average Bonchev–Trinajstić information content (AvgIpc) is 3.06. The van der Waals surface area contributed by atoms with Crippen LogP contribution in [0.15, 0.2) is 10.6 Å². The van der Waals surface area contributed by atoms with E-state index < -0.39 is 42.0 Å². The zero-order valence-electron chi connectivity index (χ0n) is 14.8. The normalized spacial score (nSPS) is 24.0. The molecule has 0 radical (unpaired) electrons. The molecule has 2 atom stereocenters. The lowest BCUT2D eigenvalue weighted by Gasteiger charge is -2.25. The summed E-state index contributed by atoms with van der Waals surface area (Å²) in [6.07, 6.45) is -2.72. The van der Waals surface area contributed by atoms with Crippen molar-refractivity contribution >= 4 is 11.9 Å². The number of hydrogen-bond acceptors (Lipinski definition) is 5. The maximum atomic E-state index is 13.4. The second kappa shape index (κ2) is 6.28. The van der Waals surface area contributed by atoms with Gasteiger partial charge in [0.1, 0.15) is 11.4 Å². The minimum Gasteiger partial charge on any atom is -0.460 e. The number of amides is 1. The monoisotopic (exact) mass is 374 g/mol. The predicted molar refractivity (Wildman–Crippen MR) is 83.3 cm³/mol. The molecule has 9 heteroatoms. The fourth-order valence-corrected chi connectivity index (χ4v) is 3.03. The van der Waals surface area contributed by atoms with Gasteiger partial charge in [-0.2, -0.15) is 13.2 Å². The number of carbonyl (C=O) groups excluding carboxylic acids is 2. The van der Waals surface area contributed by atoms with Gasteiger partial charge in [0.25, 0.3) is 5.91 Å². The van der Waals surface area contributed by atoms with Crippen LogP contribution in [0, 0.1) is 11.8 Å². The lowest BCUT2D eigenvalue weighted by molar-refractivity contribution is -0.194. The summed E-state index contributed by atoms with van der Waals surface area (Å²) < 4.78 is 50.4. The van der Waals surface area contributed by atoms with E-state index in [2.05, 4.69) is 5.16 Å². The van der Waals surface area contributed by atoms with Crippen molar-refractivity contribution in [3.8, 4) is 0 Å². The van der Waals surface area contributed by atoms with Gasteiger partial charge >= 0.3 is 12.1 Å². The van der Waals surface area contributed by atoms with Crippen LogP contribution in [0.4, 0.5) is 13.2 Å². The standard InChI is InChI=1S/C17H21F3N2O4/c1-16(2,3)25-15(24)10-7-22(8-11(10)17(18,19)20)14(23)12-6-13(26-21-12)9-4-5-9/h6,9-11H,4-5,7-8H2,1-3H3/t10-,11-/m1/s1. The zero-order chi connectivity index (χ0) is 19.3. The maximum absolute atomic E-state index is 13.4. The Morgan fingerprint density at radius 2 is 1.88 bits per heavy atom. The third kappa shape index (κ3) is 4.02. The highest BCUT2D eigenvalue weighted by molar-refractivity contribution is 5.93. The molecule has 0 spiro atoms. The summed E-state index contributed by atoms with van der Waals surface area (Å²) in [5, 5.41) is 3.67. The first-order valence-corrected chi connectivity index (χ1v) is 8.51. The second-order valence-corrected chi connectivity index (χ2v) is 7.89. The first kappa shape index (κ1) is 18.7. The van der Waals surface area contributed by atoms with Crippen molar-refractivity contribution in [2.45, 2.75) is 51.3 Å². The van der Waals surface area contributed by atoms with Crippen molar-refractivity contribution in [2.75, 3.05) is 13.1 Å². The molecule has 2 aliphatic rings. The van der Waals surface area contributed by atoms with Crippen LogP contribution in [-0.4, -0.2) is 46.8 Å². The third-order valence-electron chi connectivity index (χ3n) is 4.46. The van der Waals surface area contributed by atoms with E-state index in [-0.39, 0.29) is 18.2 Å². The first-order valence-electron chi connectivity index (χ1n) is 8.51. The van der Waals surface area contributed by atoms with Crippen LogP contribution in [0.1, 0.15) is 55.8 Å². The minimum atomic E-state index is -4.61. The van der Waals surface area contributed by atoms with Gasteiger partial charge in [0.15, 0.2) is 5.69 Å². The number of ether oxygens (including phenoxy) is 1. The fourth-order valence-electron chi connectivity index (χ4n) is 3.03. The smallest absolute Gasteiger partial charge is 0.394 e. The summed E-state index contributed by atoms with van der Waals surface area (Å²) in [6.45, 7) is 3.79. The summed E-state index contributed by atoms with van der Waals surface area (Å²) in [4.78, 5) is 25.7. The molecule has 144 valence electrons. The van der Waals surface area contributed by atoms with E-state index in [4.69, 9.17) is 9.26 Å². The van der Waals surface area contributed by atoms with E-state index in [1.807, 2.05) is 0 Å². The van der Waals surface area contributed by atoms with Gasteiger partial charge in [-0.15, -0.1) is 0 Å². The van der Waals surface area contributed by atoms with Gasteiger partial charge in [-0.25, -0.2) is 0 Å². The highest BCUT2D eigenvalue weighted by atomic mass is 19.4. The Labute approximate surface area is 148 Å². The van der Waals surface area contributed by atoms with Crippen molar-refractivity contribution in [3.63, 3.8) is 0 Å². The van der Waals surface area contributed by atoms with Crippen LogP contribution in [0.5, 0.6) is 0 Å². The van der Waals surface area contributed by atoms with E-state index >= 15 is 0 Å². The van der Waals surface area contributed by atoms with Crippen LogP contribution in [0.25, 0.3) is 0 Å². The molecule has 0 N–H and O–H groups in total. The first-order chi connectivity index (χ1) is 12.0. The number of alkyl halides is 3. The molecule has 1 aliphatic heterocycles. The summed E-state index contributed by atoms with van der Waals surface area (Å²) >= 11 is 0. The summed E-state index contributed by atoms with van der Waals surface area (Å²) in [7, 11) is 0. The third-order valence-corrected chi connectivity index (χ3v) is 4.46. The summed E-state index contributed by atoms with van der Waals surface area (Å²) in [5.41, 5.74) is -0.937. The topological polar surface area (TPSA) is 72.6 Å². The van der Waals surface area contributed by atoms with E-state index in [9.17, 15) is 22.8 Å². The van der Waals surface area contributed by atoms with Gasteiger partial charge in [0, 0.05) is 25.1 Å². The van der Waals surface area contributed by atoms with E-state index in [0.717, 1.165) is 17.7 Å². The Morgan fingerprint density at radius 1 is 1.23 bits per heavy atom. The van der Waals surface area contributed by atoms with Crippen molar-refractivity contribution in [1.29, 1.82) is 0 Å². The molecule has 26 heavy (non-hydrogen) atoms. The summed E-state index contributed by atoms with van der Waals surface area (Å²) in [5.74, 6) is -4.22. The average molecular weight is 374 g/mol. The number of nitrogens with zero attached hydrogens (tertiary/aromatic N) is 2. The van der Waals surface area contributed by atoms with Crippen LogP contribution in [0.2, 0.25) is 0 Å².